The molecule has 11 heavy (non-hydrogen) atoms. The van der Waals surface area contributed by atoms with Gasteiger partial charge in [0.2, 0.25) is 0 Å². The van der Waals surface area contributed by atoms with Crippen LogP contribution in [0.2, 0.25) is 0 Å². The second-order valence-electron chi connectivity index (χ2n) is 3.32. The van der Waals surface area contributed by atoms with E-state index in [1.54, 1.807) is 0 Å². The third kappa shape index (κ3) is 2.12. The SMILES string of the molecule is [C]#CC(CC=C)C1CCCC1. The lowest BCUT2D eigenvalue weighted by atomic mass is 9.89. The van der Waals surface area contributed by atoms with Gasteiger partial charge in [-0.15, -0.1) is 6.58 Å². The third-order valence-electron chi connectivity index (χ3n) is 2.57. The van der Waals surface area contributed by atoms with Gasteiger partial charge in [0, 0.05) is 5.92 Å². The minimum Gasteiger partial charge on any atom is -0.103 e. The Bertz CT molecular complexity index is 155. The molecule has 1 rings (SSSR count). The smallest absolute Gasteiger partial charge is 0.0275 e. The van der Waals surface area contributed by atoms with Crippen LogP contribution in [-0.2, 0) is 0 Å². The van der Waals surface area contributed by atoms with Gasteiger partial charge in [-0.3, -0.25) is 0 Å². The molecule has 0 spiro atoms. The lowest BCUT2D eigenvalue weighted by molar-refractivity contribution is 0.421. The normalized spacial score (nSPS) is 21.0. The second kappa shape index (κ2) is 4.23. The highest BCUT2D eigenvalue weighted by atomic mass is 14.3. The highest BCUT2D eigenvalue weighted by Crippen LogP contribution is 2.32. The summed E-state index contributed by atoms with van der Waals surface area (Å²) in [7, 11) is 0. The monoisotopic (exact) mass is 147 g/mol. The number of hydrogen-bond acceptors (Lipinski definition) is 0. The highest BCUT2D eigenvalue weighted by molar-refractivity contribution is 4.96. The van der Waals surface area contributed by atoms with Crippen LogP contribution in [0.1, 0.15) is 32.1 Å². The van der Waals surface area contributed by atoms with E-state index >= 15 is 0 Å². The Hall–Kier alpha value is -0.700. The van der Waals surface area contributed by atoms with Crippen LogP contribution in [0.15, 0.2) is 12.7 Å². The van der Waals surface area contributed by atoms with E-state index in [2.05, 4.69) is 12.5 Å². The van der Waals surface area contributed by atoms with E-state index in [4.69, 9.17) is 6.42 Å². The van der Waals surface area contributed by atoms with Crippen LogP contribution in [0, 0.1) is 24.2 Å². The summed E-state index contributed by atoms with van der Waals surface area (Å²) in [5.74, 6) is 3.71. The minimum atomic E-state index is 0.356. The first-order valence-corrected chi connectivity index (χ1v) is 4.41. The lowest BCUT2D eigenvalue weighted by Gasteiger charge is -2.14. The van der Waals surface area contributed by atoms with Gasteiger partial charge in [0.05, 0.1) is 0 Å². The molecule has 0 aromatic heterocycles. The highest BCUT2D eigenvalue weighted by Gasteiger charge is 2.21. The zero-order valence-corrected chi connectivity index (χ0v) is 6.97. The van der Waals surface area contributed by atoms with Crippen LogP contribution in [0.25, 0.3) is 0 Å². The molecule has 1 radical (unpaired) electrons. The molecule has 0 saturated heterocycles. The van der Waals surface area contributed by atoms with Crippen LogP contribution in [-0.4, -0.2) is 0 Å². The Morgan fingerprint density at radius 3 is 2.64 bits per heavy atom. The number of rotatable bonds is 3. The molecule has 1 fully saturated rings. The van der Waals surface area contributed by atoms with Crippen molar-refractivity contribution in [2.24, 2.45) is 11.8 Å². The van der Waals surface area contributed by atoms with Gasteiger partial charge >= 0.3 is 0 Å². The average Bonchev–Trinajstić information content (AvgIpc) is 2.52. The van der Waals surface area contributed by atoms with Crippen molar-refractivity contribution in [3.8, 4) is 5.92 Å². The standard InChI is InChI=1S/C11H15/c1-3-7-10(4-2)11-8-5-6-9-11/h3,10-11H,1,5-9H2. The lowest BCUT2D eigenvalue weighted by Crippen LogP contribution is -2.07. The quantitative estimate of drug-likeness (QED) is 0.425. The molecule has 0 aliphatic heterocycles. The maximum Gasteiger partial charge on any atom is 0.0275 e. The first-order chi connectivity index (χ1) is 5.38. The molecule has 0 aromatic carbocycles. The molecule has 0 nitrogen and oxygen atoms in total. The predicted molar refractivity (Wildman–Crippen MR) is 47.4 cm³/mol. The fraction of sp³-hybridized carbons (Fsp3) is 0.636. The van der Waals surface area contributed by atoms with Crippen LogP contribution in [0.3, 0.4) is 0 Å². The molecule has 0 amide bonds. The van der Waals surface area contributed by atoms with Gasteiger partial charge in [0.15, 0.2) is 0 Å². The topological polar surface area (TPSA) is 0 Å². The maximum atomic E-state index is 7.13. The summed E-state index contributed by atoms with van der Waals surface area (Å²) in [5.41, 5.74) is 0. The van der Waals surface area contributed by atoms with Crippen LogP contribution in [0.4, 0.5) is 0 Å². The molecule has 1 atom stereocenters. The zero-order valence-electron chi connectivity index (χ0n) is 6.97. The summed E-state index contributed by atoms with van der Waals surface area (Å²) in [4.78, 5) is 0. The second-order valence-corrected chi connectivity index (χ2v) is 3.32. The molecule has 1 unspecified atom stereocenters. The van der Waals surface area contributed by atoms with Gasteiger partial charge in [-0.2, -0.15) is 0 Å². The average molecular weight is 147 g/mol. The summed E-state index contributed by atoms with van der Waals surface area (Å²) >= 11 is 0. The largest absolute Gasteiger partial charge is 0.103 e. The molecule has 0 heteroatoms. The molecule has 0 aromatic rings. The van der Waals surface area contributed by atoms with Crippen molar-refractivity contribution >= 4 is 0 Å². The van der Waals surface area contributed by atoms with Gasteiger partial charge in [-0.25, -0.2) is 0 Å². The van der Waals surface area contributed by atoms with E-state index in [0.717, 1.165) is 12.3 Å². The predicted octanol–water partition coefficient (Wildman–Crippen LogP) is 2.96. The summed E-state index contributed by atoms with van der Waals surface area (Å²) in [6, 6.07) is 0. The van der Waals surface area contributed by atoms with Crippen LogP contribution >= 0.6 is 0 Å². The fourth-order valence-corrected chi connectivity index (χ4v) is 1.91. The molecule has 1 saturated carbocycles. The van der Waals surface area contributed by atoms with Crippen molar-refractivity contribution in [2.75, 3.05) is 0 Å². The molecule has 1 aliphatic carbocycles. The van der Waals surface area contributed by atoms with Crippen molar-refractivity contribution in [3.05, 3.63) is 19.1 Å². The Kier molecular flexibility index (Phi) is 3.23. The van der Waals surface area contributed by atoms with E-state index < -0.39 is 0 Å². The molecule has 0 bridgehead atoms. The first kappa shape index (κ1) is 8.40. The van der Waals surface area contributed by atoms with E-state index in [0.29, 0.717) is 5.92 Å². The van der Waals surface area contributed by atoms with Gasteiger partial charge in [-0.1, -0.05) is 24.8 Å². The van der Waals surface area contributed by atoms with E-state index in [-0.39, 0.29) is 0 Å². The fourth-order valence-electron chi connectivity index (χ4n) is 1.91. The Morgan fingerprint density at radius 2 is 2.18 bits per heavy atom. The van der Waals surface area contributed by atoms with Crippen LogP contribution < -0.4 is 0 Å². The molecular weight excluding hydrogens is 132 g/mol. The molecule has 1 aliphatic rings. The van der Waals surface area contributed by atoms with Crippen molar-refractivity contribution < 1.29 is 0 Å². The molecule has 0 heterocycles. The summed E-state index contributed by atoms with van der Waals surface area (Å²) in [6.07, 6.45) is 15.3. The van der Waals surface area contributed by atoms with Crippen molar-refractivity contribution in [3.63, 3.8) is 0 Å². The van der Waals surface area contributed by atoms with Gasteiger partial charge in [0.25, 0.3) is 0 Å². The van der Waals surface area contributed by atoms with E-state index in [1.807, 2.05) is 6.08 Å². The minimum absolute atomic E-state index is 0.356. The first-order valence-electron chi connectivity index (χ1n) is 4.41. The van der Waals surface area contributed by atoms with Crippen LogP contribution in [0.5, 0.6) is 0 Å². The molecule has 0 N–H and O–H groups in total. The Labute approximate surface area is 69.7 Å². The third-order valence-corrected chi connectivity index (χ3v) is 2.57. The van der Waals surface area contributed by atoms with Gasteiger partial charge < -0.3 is 0 Å². The molecular formula is C11H15. The zero-order chi connectivity index (χ0) is 8.10. The van der Waals surface area contributed by atoms with Crippen molar-refractivity contribution in [1.29, 1.82) is 0 Å². The Balaban J connectivity index is 2.41. The molecule has 59 valence electrons. The van der Waals surface area contributed by atoms with Gasteiger partial charge in [0.1, 0.15) is 0 Å². The maximum absolute atomic E-state index is 7.13. The number of allylic oxidation sites excluding steroid dienone is 1. The summed E-state index contributed by atoms with van der Waals surface area (Å²) in [5, 5.41) is 0. The summed E-state index contributed by atoms with van der Waals surface area (Å²) < 4.78 is 0. The Morgan fingerprint density at radius 1 is 1.55 bits per heavy atom. The van der Waals surface area contributed by atoms with Crippen molar-refractivity contribution in [1.82, 2.24) is 0 Å². The van der Waals surface area contributed by atoms with Gasteiger partial charge in [-0.05, 0) is 31.6 Å². The number of hydrogen-bond donors (Lipinski definition) is 0. The summed E-state index contributed by atoms with van der Waals surface area (Å²) in [6.45, 7) is 3.70. The van der Waals surface area contributed by atoms with E-state index in [1.165, 1.54) is 25.7 Å². The van der Waals surface area contributed by atoms with Crippen molar-refractivity contribution in [2.45, 2.75) is 32.1 Å². The van der Waals surface area contributed by atoms with E-state index in [9.17, 15) is 0 Å².